The molecule has 0 unspecified atom stereocenters. The number of carbonyl (C=O) groups is 1. The average Bonchev–Trinajstić information content (AvgIpc) is 2.68. The van der Waals surface area contributed by atoms with Crippen LogP contribution in [0.5, 0.6) is 0 Å². The van der Waals surface area contributed by atoms with Crippen molar-refractivity contribution in [1.82, 2.24) is 14.6 Å². The Bertz CT molecular complexity index is 560. The number of carboxylic acid groups (broad SMARTS) is 1. The molecule has 17 heavy (non-hydrogen) atoms. The zero-order chi connectivity index (χ0) is 12.4. The molecule has 2 aromatic heterocycles. The first kappa shape index (κ1) is 11.6. The number of hydrogen-bond donors (Lipinski definition) is 1. The van der Waals surface area contributed by atoms with Crippen LogP contribution in [0.15, 0.2) is 12.1 Å². The summed E-state index contributed by atoms with van der Waals surface area (Å²) in [5, 5.41) is 17.0. The molecular weight excluding hydrogens is 218 g/mol. The molecule has 0 atom stereocenters. The van der Waals surface area contributed by atoms with Gasteiger partial charge in [0.05, 0.1) is 5.56 Å². The lowest BCUT2D eigenvalue weighted by Gasteiger charge is -2.07. The normalized spacial score (nSPS) is 10.9. The molecule has 0 saturated carbocycles. The number of pyridine rings is 1. The number of aromatic nitrogens is 3. The van der Waals surface area contributed by atoms with E-state index in [-0.39, 0.29) is 5.56 Å². The van der Waals surface area contributed by atoms with Gasteiger partial charge in [-0.25, -0.2) is 4.79 Å². The quantitative estimate of drug-likeness (QED) is 0.877. The molecule has 0 radical (unpaired) electrons. The summed E-state index contributed by atoms with van der Waals surface area (Å²) in [6, 6.07) is 3.26. The highest BCUT2D eigenvalue weighted by molar-refractivity contribution is 5.88. The fraction of sp³-hybridized carbons (Fsp3) is 0.417. The van der Waals surface area contributed by atoms with E-state index >= 15 is 0 Å². The molecule has 5 nitrogen and oxygen atoms in total. The van der Waals surface area contributed by atoms with Gasteiger partial charge in [-0.05, 0) is 31.9 Å². The molecule has 0 bridgehead atoms. The molecule has 5 heteroatoms. The van der Waals surface area contributed by atoms with E-state index in [1.807, 2.05) is 11.3 Å². The summed E-state index contributed by atoms with van der Waals surface area (Å²) in [6.45, 7) is 3.98. The number of carboxylic acids is 1. The van der Waals surface area contributed by atoms with Crippen LogP contribution in [-0.4, -0.2) is 25.7 Å². The summed E-state index contributed by atoms with van der Waals surface area (Å²) >= 11 is 0. The lowest BCUT2D eigenvalue weighted by Crippen LogP contribution is -2.04. The Labute approximate surface area is 99.1 Å². The molecule has 0 amide bonds. The second-order valence-corrected chi connectivity index (χ2v) is 4.08. The monoisotopic (exact) mass is 233 g/mol. The summed E-state index contributed by atoms with van der Waals surface area (Å²) in [5.74, 6) is -0.131. The minimum absolute atomic E-state index is 0.274. The molecule has 2 heterocycles. The van der Waals surface area contributed by atoms with Crippen LogP contribution in [0.4, 0.5) is 0 Å². The predicted molar refractivity (Wildman–Crippen MR) is 63.3 cm³/mol. The minimum atomic E-state index is -0.925. The zero-order valence-electron chi connectivity index (χ0n) is 9.97. The second kappa shape index (κ2) is 4.53. The van der Waals surface area contributed by atoms with Gasteiger partial charge >= 0.3 is 5.97 Å². The van der Waals surface area contributed by atoms with Gasteiger partial charge in [0.2, 0.25) is 0 Å². The molecule has 0 spiro atoms. The molecule has 0 aliphatic carbocycles. The first-order valence-corrected chi connectivity index (χ1v) is 5.71. The Hall–Kier alpha value is -1.91. The second-order valence-electron chi connectivity index (χ2n) is 4.08. The van der Waals surface area contributed by atoms with E-state index in [1.165, 1.54) is 0 Å². The first-order valence-electron chi connectivity index (χ1n) is 5.71. The van der Waals surface area contributed by atoms with Gasteiger partial charge in [0.1, 0.15) is 5.82 Å². The van der Waals surface area contributed by atoms with Crippen LogP contribution >= 0.6 is 0 Å². The van der Waals surface area contributed by atoms with Crippen molar-refractivity contribution in [2.24, 2.45) is 0 Å². The van der Waals surface area contributed by atoms with Crippen LogP contribution < -0.4 is 0 Å². The van der Waals surface area contributed by atoms with E-state index in [4.69, 9.17) is 5.11 Å². The third kappa shape index (κ3) is 2.13. The highest BCUT2D eigenvalue weighted by atomic mass is 16.4. The predicted octanol–water partition coefficient (Wildman–Crippen LogP) is 2.08. The SMILES string of the molecule is CCCCc1cc(C(=O)O)cc2nnc(C)n12. The molecule has 2 rings (SSSR count). The molecule has 0 aliphatic rings. The summed E-state index contributed by atoms with van der Waals surface area (Å²) in [5.41, 5.74) is 1.84. The van der Waals surface area contributed by atoms with E-state index in [0.717, 1.165) is 30.8 Å². The molecule has 90 valence electrons. The van der Waals surface area contributed by atoms with Crippen molar-refractivity contribution in [1.29, 1.82) is 0 Å². The fourth-order valence-electron chi connectivity index (χ4n) is 1.92. The van der Waals surface area contributed by atoms with E-state index < -0.39 is 5.97 Å². The van der Waals surface area contributed by atoms with Gasteiger partial charge in [-0.2, -0.15) is 0 Å². The third-order valence-corrected chi connectivity index (χ3v) is 2.78. The highest BCUT2D eigenvalue weighted by Crippen LogP contribution is 2.14. The molecule has 0 aliphatic heterocycles. The van der Waals surface area contributed by atoms with Gasteiger partial charge in [-0.3, -0.25) is 4.40 Å². The van der Waals surface area contributed by atoms with Gasteiger partial charge in [0.15, 0.2) is 5.65 Å². The van der Waals surface area contributed by atoms with Gasteiger partial charge in [0.25, 0.3) is 0 Å². The maximum atomic E-state index is 11.0. The Morgan fingerprint density at radius 3 is 2.82 bits per heavy atom. The maximum absolute atomic E-state index is 11.0. The smallest absolute Gasteiger partial charge is 0.335 e. The molecule has 1 N–H and O–H groups in total. The van der Waals surface area contributed by atoms with Crippen LogP contribution in [0.2, 0.25) is 0 Å². The Kier molecular flexibility index (Phi) is 3.08. The van der Waals surface area contributed by atoms with E-state index in [9.17, 15) is 4.79 Å². The Morgan fingerprint density at radius 2 is 2.18 bits per heavy atom. The van der Waals surface area contributed by atoms with E-state index in [1.54, 1.807) is 12.1 Å². The molecule has 2 aromatic rings. The lowest BCUT2D eigenvalue weighted by molar-refractivity contribution is 0.0696. The van der Waals surface area contributed by atoms with E-state index in [0.29, 0.717) is 5.65 Å². The molecule has 0 fully saturated rings. The fourth-order valence-corrected chi connectivity index (χ4v) is 1.92. The zero-order valence-corrected chi connectivity index (χ0v) is 9.97. The molecular formula is C12H15N3O2. The lowest BCUT2D eigenvalue weighted by atomic mass is 10.1. The number of nitrogens with zero attached hydrogens (tertiary/aromatic N) is 3. The summed E-state index contributed by atoms with van der Waals surface area (Å²) in [4.78, 5) is 11.0. The van der Waals surface area contributed by atoms with Gasteiger partial charge in [-0.15, -0.1) is 10.2 Å². The number of hydrogen-bond acceptors (Lipinski definition) is 3. The summed E-state index contributed by atoms with van der Waals surface area (Å²) in [7, 11) is 0. The van der Waals surface area contributed by atoms with Crippen LogP contribution in [0, 0.1) is 6.92 Å². The summed E-state index contributed by atoms with van der Waals surface area (Å²) < 4.78 is 1.92. The van der Waals surface area contributed by atoms with Crippen molar-refractivity contribution in [2.75, 3.05) is 0 Å². The van der Waals surface area contributed by atoms with Crippen molar-refractivity contribution in [3.05, 3.63) is 29.2 Å². The van der Waals surface area contributed by atoms with Gasteiger partial charge < -0.3 is 5.11 Å². The van der Waals surface area contributed by atoms with Crippen molar-refractivity contribution < 1.29 is 9.90 Å². The van der Waals surface area contributed by atoms with Gasteiger partial charge in [0, 0.05) is 5.69 Å². The van der Waals surface area contributed by atoms with Crippen LogP contribution in [-0.2, 0) is 6.42 Å². The molecule has 0 saturated heterocycles. The van der Waals surface area contributed by atoms with Crippen molar-refractivity contribution >= 4 is 11.6 Å². The van der Waals surface area contributed by atoms with Crippen LogP contribution in [0.1, 0.15) is 41.6 Å². The number of aryl methyl sites for hydroxylation is 2. The van der Waals surface area contributed by atoms with Crippen LogP contribution in [0.25, 0.3) is 5.65 Å². The third-order valence-electron chi connectivity index (χ3n) is 2.78. The number of fused-ring (bicyclic) bond motifs is 1. The Morgan fingerprint density at radius 1 is 1.41 bits per heavy atom. The van der Waals surface area contributed by atoms with E-state index in [2.05, 4.69) is 17.1 Å². The standard InChI is InChI=1S/C12H15N3O2/c1-3-4-5-10-6-9(12(16)17)7-11-14-13-8(2)15(10)11/h6-7H,3-5H2,1-2H3,(H,16,17). The average molecular weight is 233 g/mol. The van der Waals surface area contributed by atoms with Crippen molar-refractivity contribution in [3.63, 3.8) is 0 Å². The minimum Gasteiger partial charge on any atom is -0.478 e. The number of rotatable bonds is 4. The van der Waals surface area contributed by atoms with Crippen LogP contribution in [0.3, 0.4) is 0 Å². The van der Waals surface area contributed by atoms with Crippen molar-refractivity contribution in [3.8, 4) is 0 Å². The topological polar surface area (TPSA) is 67.5 Å². The number of aromatic carboxylic acids is 1. The first-order chi connectivity index (χ1) is 8.13. The van der Waals surface area contributed by atoms with Gasteiger partial charge in [-0.1, -0.05) is 13.3 Å². The Balaban J connectivity index is 2.58. The number of unbranched alkanes of at least 4 members (excludes halogenated alkanes) is 1. The maximum Gasteiger partial charge on any atom is 0.335 e. The molecule has 0 aromatic carbocycles. The summed E-state index contributed by atoms with van der Waals surface area (Å²) in [6.07, 6.45) is 2.93. The van der Waals surface area contributed by atoms with Crippen molar-refractivity contribution in [2.45, 2.75) is 33.1 Å². The largest absolute Gasteiger partial charge is 0.478 e. The highest BCUT2D eigenvalue weighted by Gasteiger charge is 2.11.